The summed E-state index contributed by atoms with van der Waals surface area (Å²) in [5, 5.41) is 4.87. The Labute approximate surface area is 126 Å². The van der Waals surface area contributed by atoms with E-state index in [4.69, 9.17) is 0 Å². The monoisotopic (exact) mass is 293 g/mol. The summed E-state index contributed by atoms with van der Waals surface area (Å²) in [6.07, 6.45) is 11.3. The Hall–Kier alpha value is -2.76. The van der Waals surface area contributed by atoms with E-state index < -0.39 is 0 Å². The molecule has 4 rings (SSSR count). The van der Waals surface area contributed by atoms with Gasteiger partial charge in [-0.3, -0.25) is 14.5 Å². The Morgan fingerprint density at radius 2 is 2.18 bits per heavy atom. The molecule has 3 heterocycles. The molecule has 3 aromatic rings. The molecule has 0 amide bonds. The van der Waals surface area contributed by atoms with E-state index in [1.807, 2.05) is 30.1 Å². The highest BCUT2D eigenvalue weighted by atomic mass is 16.1. The molecule has 6 nitrogen and oxygen atoms in total. The minimum absolute atomic E-state index is 0.153. The quantitative estimate of drug-likeness (QED) is 0.802. The fourth-order valence-electron chi connectivity index (χ4n) is 2.62. The van der Waals surface area contributed by atoms with Crippen LogP contribution in [0.1, 0.15) is 35.8 Å². The van der Waals surface area contributed by atoms with Gasteiger partial charge in [-0.05, 0) is 37.0 Å². The smallest absolute Gasteiger partial charge is 0.259 e. The van der Waals surface area contributed by atoms with E-state index in [0.29, 0.717) is 22.6 Å². The lowest BCUT2D eigenvalue weighted by Crippen LogP contribution is -2.09. The standard InChI is InChI=1S/C16H15N5O/c1-21-14(12(8-18-21)10-2-3-10)4-5-15-19-13-9-17-7-6-11(13)16(22)20-15/h4-10H,2-3H2,1H3,(H,19,20,22). The summed E-state index contributed by atoms with van der Waals surface area (Å²) in [5.74, 6) is 1.15. The van der Waals surface area contributed by atoms with Crippen LogP contribution in [-0.4, -0.2) is 24.7 Å². The molecule has 22 heavy (non-hydrogen) atoms. The number of rotatable bonds is 3. The maximum atomic E-state index is 12.0. The molecule has 1 N–H and O–H groups in total. The minimum Gasteiger partial charge on any atom is -0.306 e. The summed E-state index contributed by atoms with van der Waals surface area (Å²) in [5.41, 5.74) is 2.78. The number of hydrogen-bond donors (Lipinski definition) is 1. The first kappa shape index (κ1) is 12.9. The minimum atomic E-state index is -0.153. The molecule has 0 aliphatic heterocycles. The van der Waals surface area contributed by atoms with Gasteiger partial charge >= 0.3 is 0 Å². The lowest BCUT2D eigenvalue weighted by atomic mass is 10.1. The Bertz CT molecular complexity index is 933. The molecular weight excluding hydrogens is 278 g/mol. The molecule has 0 radical (unpaired) electrons. The average molecular weight is 293 g/mol. The highest BCUT2D eigenvalue weighted by molar-refractivity contribution is 5.78. The number of aromatic nitrogens is 5. The first-order chi connectivity index (χ1) is 10.7. The summed E-state index contributed by atoms with van der Waals surface area (Å²) in [4.78, 5) is 23.3. The Kier molecular flexibility index (Phi) is 2.89. The Morgan fingerprint density at radius 1 is 1.32 bits per heavy atom. The summed E-state index contributed by atoms with van der Waals surface area (Å²) in [7, 11) is 1.92. The zero-order chi connectivity index (χ0) is 15.1. The average Bonchev–Trinajstić information content (AvgIpc) is 3.29. The fourth-order valence-corrected chi connectivity index (χ4v) is 2.62. The van der Waals surface area contributed by atoms with Gasteiger partial charge in [-0.15, -0.1) is 0 Å². The van der Waals surface area contributed by atoms with Gasteiger partial charge in [0.25, 0.3) is 5.56 Å². The molecule has 1 aliphatic carbocycles. The van der Waals surface area contributed by atoms with Crippen molar-refractivity contribution < 1.29 is 0 Å². The van der Waals surface area contributed by atoms with Gasteiger partial charge in [-0.1, -0.05) is 0 Å². The molecule has 3 aromatic heterocycles. The van der Waals surface area contributed by atoms with Gasteiger partial charge < -0.3 is 4.98 Å². The summed E-state index contributed by atoms with van der Waals surface area (Å²) in [6.45, 7) is 0. The van der Waals surface area contributed by atoms with Gasteiger partial charge in [0, 0.05) is 18.8 Å². The number of H-pyrrole nitrogens is 1. The number of fused-ring (bicyclic) bond motifs is 1. The molecular formula is C16H15N5O. The molecule has 0 saturated heterocycles. The Morgan fingerprint density at radius 3 is 3.00 bits per heavy atom. The second kappa shape index (κ2) is 4.91. The summed E-state index contributed by atoms with van der Waals surface area (Å²) >= 11 is 0. The van der Waals surface area contributed by atoms with Crippen molar-refractivity contribution in [1.29, 1.82) is 0 Å². The van der Waals surface area contributed by atoms with Crippen molar-refractivity contribution >= 4 is 23.1 Å². The number of hydrogen-bond acceptors (Lipinski definition) is 4. The largest absolute Gasteiger partial charge is 0.306 e. The van der Waals surface area contributed by atoms with E-state index in [2.05, 4.69) is 20.1 Å². The van der Waals surface area contributed by atoms with E-state index >= 15 is 0 Å². The third kappa shape index (κ3) is 2.22. The van der Waals surface area contributed by atoms with Crippen LogP contribution < -0.4 is 5.56 Å². The van der Waals surface area contributed by atoms with Crippen molar-refractivity contribution in [2.45, 2.75) is 18.8 Å². The zero-order valence-corrected chi connectivity index (χ0v) is 12.2. The number of nitrogens with one attached hydrogen (secondary N) is 1. The first-order valence-electron chi connectivity index (χ1n) is 7.26. The predicted octanol–water partition coefficient (Wildman–Crippen LogP) is 2.10. The highest BCUT2D eigenvalue weighted by Gasteiger charge is 2.27. The van der Waals surface area contributed by atoms with Gasteiger partial charge in [-0.2, -0.15) is 5.10 Å². The van der Waals surface area contributed by atoms with E-state index in [-0.39, 0.29) is 5.56 Å². The van der Waals surface area contributed by atoms with Crippen LogP contribution in [0.2, 0.25) is 0 Å². The van der Waals surface area contributed by atoms with Gasteiger partial charge in [0.2, 0.25) is 0 Å². The third-order valence-electron chi connectivity index (χ3n) is 3.96. The predicted molar refractivity (Wildman–Crippen MR) is 84.3 cm³/mol. The molecule has 1 saturated carbocycles. The highest BCUT2D eigenvalue weighted by Crippen LogP contribution is 2.41. The van der Waals surface area contributed by atoms with Crippen LogP contribution in [-0.2, 0) is 7.05 Å². The van der Waals surface area contributed by atoms with E-state index in [9.17, 15) is 4.79 Å². The van der Waals surface area contributed by atoms with E-state index in [0.717, 1.165) is 5.69 Å². The van der Waals surface area contributed by atoms with Crippen LogP contribution in [0.15, 0.2) is 29.5 Å². The van der Waals surface area contributed by atoms with Gasteiger partial charge in [-0.25, -0.2) is 4.98 Å². The maximum absolute atomic E-state index is 12.0. The number of pyridine rings is 1. The number of nitrogens with zero attached hydrogens (tertiary/aromatic N) is 4. The molecule has 0 bridgehead atoms. The third-order valence-corrected chi connectivity index (χ3v) is 3.96. The molecule has 0 unspecified atom stereocenters. The molecule has 6 heteroatoms. The van der Waals surface area contributed by atoms with Crippen molar-refractivity contribution in [3.05, 3.63) is 52.1 Å². The van der Waals surface area contributed by atoms with Crippen LogP contribution in [0.3, 0.4) is 0 Å². The van der Waals surface area contributed by atoms with Crippen molar-refractivity contribution in [1.82, 2.24) is 24.7 Å². The molecule has 0 spiro atoms. The van der Waals surface area contributed by atoms with Crippen LogP contribution in [0.25, 0.3) is 23.1 Å². The summed E-state index contributed by atoms with van der Waals surface area (Å²) in [6, 6.07) is 1.67. The van der Waals surface area contributed by atoms with Crippen molar-refractivity contribution in [3.8, 4) is 0 Å². The lowest BCUT2D eigenvalue weighted by Gasteiger charge is -2.00. The van der Waals surface area contributed by atoms with Crippen molar-refractivity contribution in [2.24, 2.45) is 7.05 Å². The molecule has 110 valence electrons. The van der Waals surface area contributed by atoms with Crippen LogP contribution in [0, 0.1) is 0 Å². The second-order valence-corrected chi connectivity index (χ2v) is 5.56. The van der Waals surface area contributed by atoms with E-state index in [1.54, 1.807) is 18.5 Å². The lowest BCUT2D eigenvalue weighted by molar-refractivity contribution is 0.758. The second-order valence-electron chi connectivity index (χ2n) is 5.56. The fraction of sp³-hybridized carbons (Fsp3) is 0.250. The first-order valence-corrected chi connectivity index (χ1v) is 7.26. The van der Waals surface area contributed by atoms with E-state index in [1.165, 1.54) is 18.4 Å². The zero-order valence-electron chi connectivity index (χ0n) is 12.2. The maximum Gasteiger partial charge on any atom is 0.259 e. The molecule has 1 fully saturated rings. The van der Waals surface area contributed by atoms with Crippen LogP contribution in [0.4, 0.5) is 0 Å². The molecule has 1 aliphatic rings. The number of aryl methyl sites for hydroxylation is 1. The van der Waals surface area contributed by atoms with Crippen molar-refractivity contribution in [3.63, 3.8) is 0 Å². The van der Waals surface area contributed by atoms with Gasteiger partial charge in [0.15, 0.2) is 0 Å². The topological polar surface area (TPSA) is 76.5 Å². The van der Waals surface area contributed by atoms with Gasteiger partial charge in [0.1, 0.15) is 5.82 Å². The Balaban J connectivity index is 1.74. The van der Waals surface area contributed by atoms with Crippen LogP contribution >= 0.6 is 0 Å². The number of aromatic amines is 1. The van der Waals surface area contributed by atoms with Crippen LogP contribution in [0.5, 0.6) is 0 Å². The molecule has 0 atom stereocenters. The summed E-state index contributed by atoms with van der Waals surface area (Å²) < 4.78 is 1.85. The van der Waals surface area contributed by atoms with Crippen molar-refractivity contribution in [2.75, 3.05) is 0 Å². The normalized spacial score (nSPS) is 15.0. The molecule has 0 aromatic carbocycles. The SMILES string of the molecule is Cn1ncc(C2CC2)c1C=Cc1nc2cnccc2c(=O)[nH]1. The van der Waals surface area contributed by atoms with Gasteiger partial charge in [0.05, 0.1) is 29.0 Å².